The number of aromatic nitrogens is 2. The lowest BCUT2D eigenvalue weighted by molar-refractivity contribution is -0.383. The lowest BCUT2D eigenvalue weighted by Gasteiger charge is -2.26. The standard InChI is InChI=1S/C22H14F2N4O4/c23-14-3-1-2-13(10-14)22(29)27(17-7-6-15(24)11-16(17)12-4-5-12)18-8-9-19(28(30)31)21-20(18)25-32-26-21/h1-3,6-12H,4-5H2. The van der Waals surface area contributed by atoms with Crippen molar-refractivity contribution in [2.24, 2.45) is 0 Å². The third-order valence-corrected chi connectivity index (χ3v) is 5.33. The molecule has 8 nitrogen and oxygen atoms in total. The van der Waals surface area contributed by atoms with E-state index in [9.17, 15) is 23.7 Å². The number of rotatable bonds is 5. The summed E-state index contributed by atoms with van der Waals surface area (Å²) >= 11 is 0. The Morgan fingerprint density at radius 1 is 1.00 bits per heavy atom. The van der Waals surface area contributed by atoms with Crippen molar-refractivity contribution in [2.45, 2.75) is 18.8 Å². The molecule has 1 aliphatic rings. The number of fused-ring (bicyclic) bond motifs is 1. The van der Waals surface area contributed by atoms with Crippen LogP contribution in [0.4, 0.5) is 25.8 Å². The first kappa shape index (κ1) is 19.7. The van der Waals surface area contributed by atoms with Crippen LogP contribution < -0.4 is 4.90 Å². The highest BCUT2D eigenvalue weighted by atomic mass is 19.1. The van der Waals surface area contributed by atoms with Crippen LogP contribution in [0.2, 0.25) is 0 Å². The number of carbonyl (C=O) groups is 1. The van der Waals surface area contributed by atoms with Crippen molar-refractivity contribution >= 4 is 34.0 Å². The number of amides is 1. The predicted molar refractivity (Wildman–Crippen MR) is 110 cm³/mol. The zero-order chi connectivity index (χ0) is 22.4. The van der Waals surface area contributed by atoms with E-state index in [4.69, 9.17) is 4.63 Å². The second-order valence-corrected chi connectivity index (χ2v) is 7.45. The molecule has 32 heavy (non-hydrogen) atoms. The Bertz CT molecular complexity index is 1380. The van der Waals surface area contributed by atoms with E-state index in [1.54, 1.807) is 0 Å². The molecule has 3 aromatic carbocycles. The third kappa shape index (κ3) is 3.35. The van der Waals surface area contributed by atoms with Gasteiger partial charge in [-0.15, -0.1) is 0 Å². The van der Waals surface area contributed by atoms with E-state index in [1.807, 2.05) is 0 Å². The first-order valence-electron chi connectivity index (χ1n) is 9.73. The topological polar surface area (TPSA) is 102 Å². The molecule has 1 saturated carbocycles. The number of nitro benzene ring substituents is 1. The lowest BCUT2D eigenvalue weighted by atomic mass is 10.0. The summed E-state index contributed by atoms with van der Waals surface area (Å²) in [6, 6.07) is 11.7. The summed E-state index contributed by atoms with van der Waals surface area (Å²) in [5.74, 6) is -1.61. The number of non-ortho nitro benzene ring substituents is 1. The molecule has 1 heterocycles. The van der Waals surface area contributed by atoms with Gasteiger partial charge in [0.1, 0.15) is 11.6 Å². The van der Waals surface area contributed by atoms with Gasteiger partial charge >= 0.3 is 5.69 Å². The van der Waals surface area contributed by atoms with Crippen molar-refractivity contribution in [3.8, 4) is 0 Å². The van der Waals surface area contributed by atoms with Crippen molar-refractivity contribution in [1.82, 2.24) is 10.3 Å². The highest BCUT2D eigenvalue weighted by molar-refractivity contribution is 6.15. The van der Waals surface area contributed by atoms with Crippen LogP contribution in [0.15, 0.2) is 59.2 Å². The number of anilines is 2. The number of nitro groups is 1. The molecule has 4 aromatic rings. The van der Waals surface area contributed by atoms with E-state index in [0.717, 1.165) is 18.9 Å². The summed E-state index contributed by atoms with van der Waals surface area (Å²) in [4.78, 5) is 25.6. The maximum Gasteiger partial charge on any atom is 0.300 e. The molecule has 0 atom stereocenters. The minimum atomic E-state index is -0.636. The second-order valence-electron chi connectivity index (χ2n) is 7.45. The van der Waals surface area contributed by atoms with Crippen molar-refractivity contribution < 1.29 is 23.1 Å². The van der Waals surface area contributed by atoms with Gasteiger partial charge in [0, 0.05) is 11.6 Å². The fourth-order valence-electron chi connectivity index (χ4n) is 3.72. The van der Waals surface area contributed by atoms with Crippen molar-refractivity contribution in [3.05, 3.63) is 87.5 Å². The highest BCUT2D eigenvalue weighted by Crippen LogP contribution is 2.47. The van der Waals surface area contributed by atoms with Gasteiger partial charge in [-0.25, -0.2) is 13.4 Å². The van der Waals surface area contributed by atoms with Gasteiger partial charge in [-0.3, -0.25) is 19.8 Å². The molecule has 5 rings (SSSR count). The molecule has 0 radical (unpaired) electrons. The molecule has 0 N–H and O–H groups in total. The van der Waals surface area contributed by atoms with E-state index < -0.39 is 22.5 Å². The average Bonchev–Trinajstić information content (AvgIpc) is 3.50. The molecule has 160 valence electrons. The largest absolute Gasteiger partial charge is 0.300 e. The second kappa shape index (κ2) is 7.49. The zero-order valence-corrected chi connectivity index (χ0v) is 16.4. The Hall–Kier alpha value is -4.21. The summed E-state index contributed by atoms with van der Waals surface area (Å²) in [5.41, 5.74) is 0.673. The Morgan fingerprint density at radius 2 is 1.72 bits per heavy atom. The van der Waals surface area contributed by atoms with Crippen LogP contribution >= 0.6 is 0 Å². The SMILES string of the molecule is O=C(c1cccc(F)c1)N(c1ccc(F)cc1C1CC1)c1ccc([N+](=O)[O-])c2nonc12. The Morgan fingerprint density at radius 3 is 2.44 bits per heavy atom. The zero-order valence-electron chi connectivity index (χ0n) is 16.4. The number of nitrogens with zero attached hydrogens (tertiary/aromatic N) is 4. The number of halogens is 2. The van der Waals surface area contributed by atoms with Gasteiger partial charge in [0.05, 0.1) is 16.3 Å². The van der Waals surface area contributed by atoms with Crippen LogP contribution in [-0.2, 0) is 0 Å². The summed E-state index contributed by atoms with van der Waals surface area (Å²) < 4.78 is 32.7. The van der Waals surface area contributed by atoms with Gasteiger partial charge < -0.3 is 0 Å². The van der Waals surface area contributed by atoms with Gasteiger partial charge in [0.15, 0.2) is 5.52 Å². The van der Waals surface area contributed by atoms with E-state index >= 15 is 0 Å². The molecule has 0 saturated heterocycles. The normalized spacial score (nSPS) is 13.3. The van der Waals surface area contributed by atoms with Crippen molar-refractivity contribution in [3.63, 3.8) is 0 Å². The van der Waals surface area contributed by atoms with Crippen LogP contribution in [0.3, 0.4) is 0 Å². The maximum atomic E-state index is 14.1. The lowest BCUT2D eigenvalue weighted by Crippen LogP contribution is -2.27. The maximum absolute atomic E-state index is 14.1. The minimum absolute atomic E-state index is 0.0185. The van der Waals surface area contributed by atoms with Crippen LogP contribution in [0, 0.1) is 21.7 Å². The fraction of sp³-hybridized carbons (Fsp3) is 0.136. The van der Waals surface area contributed by atoms with Gasteiger partial charge in [-0.05, 0) is 77.1 Å². The smallest absolute Gasteiger partial charge is 0.274 e. The van der Waals surface area contributed by atoms with Crippen LogP contribution in [0.5, 0.6) is 0 Å². The predicted octanol–water partition coefficient (Wildman–Crippen LogP) is 5.27. The Kier molecular flexibility index (Phi) is 4.62. The first-order chi connectivity index (χ1) is 15.4. The van der Waals surface area contributed by atoms with Gasteiger partial charge in [0.25, 0.3) is 5.91 Å². The average molecular weight is 436 g/mol. The molecule has 0 unspecified atom stereocenters. The first-order valence-corrected chi connectivity index (χ1v) is 9.73. The number of carbonyl (C=O) groups excluding carboxylic acids is 1. The van der Waals surface area contributed by atoms with Crippen LogP contribution in [0.1, 0.15) is 34.7 Å². The molecule has 0 spiro atoms. The Labute approximate surface area is 179 Å². The monoisotopic (exact) mass is 436 g/mol. The van der Waals surface area contributed by atoms with Crippen molar-refractivity contribution in [2.75, 3.05) is 4.90 Å². The fourth-order valence-corrected chi connectivity index (χ4v) is 3.72. The highest BCUT2D eigenvalue weighted by Gasteiger charge is 2.33. The Balaban J connectivity index is 1.76. The van der Waals surface area contributed by atoms with Gasteiger partial charge in [0.2, 0.25) is 5.52 Å². The molecule has 10 heteroatoms. The summed E-state index contributed by atoms with van der Waals surface area (Å²) in [7, 11) is 0. The van der Waals surface area contributed by atoms with E-state index in [1.165, 1.54) is 53.4 Å². The van der Waals surface area contributed by atoms with Crippen LogP contribution in [-0.4, -0.2) is 21.1 Å². The van der Waals surface area contributed by atoms with Gasteiger partial charge in [-0.2, -0.15) is 0 Å². The number of benzene rings is 3. The molecule has 0 aliphatic heterocycles. The molecular formula is C22H14F2N4O4. The quantitative estimate of drug-likeness (QED) is 0.312. The van der Waals surface area contributed by atoms with Gasteiger partial charge in [-0.1, -0.05) is 6.07 Å². The molecule has 1 aliphatic carbocycles. The van der Waals surface area contributed by atoms with Crippen LogP contribution in [0.25, 0.3) is 11.0 Å². The van der Waals surface area contributed by atoms with E-state index in [2.05, 4.69) is 10.3 Å². The molecule has 0 bridgehead atoms. The summed E-state index contributed by atoms with van der Waals surface area (Å²) in [6.07, 6.45) is 1.67. The molecular weight excluding hydrogens is 422 g/mol. The number of hydrogen-bond donors (Lipinski definition) is 0. The molecule has 1 fully saturated rings. The molecule has 1 amide bonds. The van der Waals surface area contributed by atoms with Crippen molar-refractivity contribution in [1.29, 1.82) is 0 Å². The summed E-state index contributed by atoms with van der Waals surface area (Å²) in [6.45, 7) is 0. The summed E-state index contributed by atoms with van der Waals surface area (Å²) in [5, 5.41) is 18.8. The minimum Gasteiger partial charge on any atom is -0.274 e. The number of hydrogen-bond acceptors (Lipinski definition) is 6. The molecule has 1 aromatic heterocycles. The van der Waals surface area contributed by atoms with E-state index in [-0.39, 0.29) is 33.9 Å². The third-order valence-electron chi connectivity index (χ3n) is 5.33. The van der Waals surface area contributed by atoms with E-state index in [0.29, 0.717) is 11.3 Å².